The number of hydrogen-bond acceptors (Lipinski definition) is 5. The van der Waals surface area contributed by atoms with Gasteiger partial charge in [0.1, 0.15) is 6.54 Å². The Balaban J connectivity index is 1.59. The summed E-state index contributed by atoms with van der Waals surface area (Å²) in [5.74, 6) is -0.108. The molecule has 28 heavy (non-hydrogen) atoms. The van der Waals surface area contributed by atoms with Crippen LogP contribution in [0.5, 0.6) is 0 Å². The quantitative estimate of drug-likeness (QED) is 0.777. The van der Waals surface area contributed by atoms with Gasteiger partial charge in [-0.2, -0.15) is 5.10 Å². The summed E-state index contributed by atoms with van der Waals surface area (Å²) < 4.78 is 1.25. The second kappa shape index (κ2) is 8.97. The van der Waals surface area contributed by atoms with E-state index in [-0.39, 0.29) is 23.9 Å². The molecule has 0 bridgehead atoms. The molecule has 2 heterocycles. The van der Waals surface area contributed by atoms with Crippen LogP contribution in [0, 0.1) is 6.92 Å². The van der Waals surface area contributed by atoms with Crippen molar-refractivity contribution in [3.8, 4) is 0 Å². The molecule has 0 atom stereocenters. The summed E-state index contributed by atoms with van der Waals surface area (Å²) in [7, 11) is 0. The number of rotatable bonds is 6. The number of benzene rings is 1. The Morgan fingerprint density at radius 2 is 1.75 bits per heavy atom. The summed E-state index contributed by atoms with van der Waals surface area (Å²) in [6, 6.07) is 7.30. The van der Waals surface area contributed by atoms with E-state index in [1.807, 2.05) is 36.9 Å². The lowest BCUT2D eigenvalue weighted by molar-refractivity contribution is -0.134. The number of carbonyl (C=O) groups excluding carboxylic acids is 2. The predicted molar refractivity (Wildman–Crippen MR) is 107 cm³/mol. The molecule has 1 fully saturated rings. The maximum absolute atomic E-state index is 12.7. The van der Waals surface area contributed by atoms with Crippen LogP contribution in [0.4, 0.5) is 0 Å². The van der Waals surface area contributed by atoms with E-state index in [1.165, 1.54) is 4.68 Å². The lowest BCUT2D eigenvalue weighted by atomic mass is 10.1. The number of amides is 2. The monoisotopic (exact) mass is 385 g/mol. The van der Waals surface area contributed by atoms with E-state index in [9.17, 15) is 14.4 Å². The van der Waals surface area contributed by atoms with Crippen molar-refractivity contribution in [1.82, 2.24) is 24.9 Å². The van der Waals surface area contributed by atoms with Gasteiger partial charge in [0.05, 0.1) is 17.6 Å². The molecule has 2 aromatic rings. The van der Waals surface area contributed by atoms with E-state index in [4.69, 9.17) is 0 Å². The van der Waals surface area contributed by atoms with Gasteiger partial charge in [-0.1, -0.05) is 25.1 Å². The lowest BCUT2D eigenvalue weighted by Gasteiger charge is -2.34. The maximum atomic E-state index is 12.7. The highest BCUT2D eigenvalue weighted by atomic mass is 16.2. The molecule has 1 aromatic carbocycles. The molecule has 1 N–H and O–H groups in total. The van der Waals surface area contributed by atoms with Crippen molar-refractivity contribution in [2.75, 3.05) is 39.3 Å². The molecule has 0 saturated carbocycles. The first kappa shape index (κ1) is 20.0. The van der Waals surface area contributed by atoms with Crippen LogP contribution >= 0.6 is 0 Å². The summed E-state index contributed by atoms with van der Waals surface area (Å²) in [6.07, 6.45) is 0.912. The van der Waals surface area contributed by atoms with E-state index < -0.39 is 0 Å². The van der Waals surface area contributed by atoms with Gasteiger partial charge in [-0.15, -0.1) is 0 Å². The van der Waals surface area contributed by atoms with E-state index in [2.05, 4.69) is 10.4 Å². The fraction of sp³-hybridized carbons (Fsp3) is 0.500. The standard InChI is InChI=1S/C20H27N5O3/c1-3-8-21-18(26)13-23-9-11-24(12-10-23)19(27)14-25-20(28)17-7-5-4-6-16(17)15(2)22-25/h4-7H,3,8-14H2,1-2H3,(H,21,26). The van der Waals surface area contributed by atoms with Crippen LogP contribution < -0.4 is 10.9 Å². The van der Waals surface area contributed by atoms with Gasteiger partial charge in [0.25, 0.3) is 5.56 Å². The first-order valence-corrected chi connectivity index (χ1v) is 9.73. The number of nitrogens with one attached hydrogen (secondary N) is 1. The lowest BCUT2D eigenvalue weighted by Crippen LogP contribution is -2.52. The van der Waals surface area contributed by atoms with Crippen molar-refractivity contribution >= 4 is 22.6 Å². The first-order valence-electron chi connectivity index (χ1n) is 9.73. The number of nitrogens with zero attached hydrogens (tertiary/aromatic N) is 4. The van der Waals surface area contributed by atoms with Gasteiger partial charge in [0.2, 0.25) is 11.8 Å². The summed E-state index contributed by atoms with van der Waals surface area (Å²) in [5, 5.41) is 8.56. The van der Waals surface area contributed by atoms with E-state index >= 15 is 0 Å². The van der Waals surface area contributed by atoms with Crippen LogP contribution in [0.3, 0.4) is 0 Å². The second-order valence-electron chi connectivity index (χ2n) is 7.10. The molecular weight excluding hydrogens is 358 g/mol. The topological polar surface area (TPSA) is 87.5 Å². The molecule has 8 nitrogen and oxygen atoms in total. The fourth-order valence-corrected chi connectivity index (χ4v) is 3.42. The van der Waals surface area contributed by atoms with Crippen molar-refractivity contribution in [2.24, 2.45) is 0 Å². The van der Waals surface area contributed by atoms with Crippen LogP contribution in [0.1, 0.15) is 19.0 Å². The molecule has 3 rings (SSSR count). The molecule has 150 valence electrons. The zero-order chi connectivity index (χ0) is 20.1. The van der Waals surface area contributed by atoms with E-state index in [0.29, 0.717) is 44.7 Å². The highest BCUT2D eigenvalue weighted by molar-refractivity contribution is 5.83. The Bertz CT molecular complexity index is 916. The molecule has 1 aromatic heterocycles. The highest BCUT2D eigenvalue weighted by Crippen LogP contribution is 2.12. The SMILES string of the molecule is CCCNC(=O)CN1CCN(C(=O)Cn2nc(C)c3ccccc3c2=O)CC1. The number of aryl methyl sites for hydroxylation is 1. The predicted octanol–water partition coefficient (Wildman–Crippen LogP) is 0.375. The van der Waals surface area contributed by atoms with Gasteiger partial charge in [-0.05, 0) is 19.4 Å². The highest BCUT2D eigenvalue weighted by Gasteiger charge is 2.23. The molecule has 1 aliphatic heterocycles. The van der Waals surface area contributed by atoms with Crippen molar-refractivity contribution in [3.05, 3.63) is 40.3 Å². The minimum absolute atomic E-state index is 0.0176. The van der Waals surface area contributed by atoms with Gasteiger partial charge in [-0.3, -0.25) is 19.3 Å². The zero-order valence-electron chi connectivity index (χ0n) is 16.5. The number of aromatic nitrogens is 2. The minimum Gasteiger partial charge on any atom is -0.355 e. The van der Waals surface area contributed by atoms with Crippen LogP contribution in [-0.4, -0.2) is 70.7 Å². The number of carbonyl (C=O) groups is 2. The Hall–Kier alpha value is -2.74. The third-order valence-corrected chi connectivity index (χ3v) is 5.00. The minimum atomic E-state index is -0.249. The van der Waals surface area contributed by atoms with Crippen LogP contribution in [0.2, 0.25) is 0 Å². The number of fused-ring (bicyclic) bond motifs is 1. The van der Waals surface area contributed by atoms with Gasteiger partial charge in [0.15, 0.2) is 0 Å². The summed E-state index contributed by atoms with van der Waals surface area (Å²) >= 11 is 0. The third-order valence-electron chi connectivity index (χ3n) is 5.00. The van der Waals surface area contributed by atoms with E-state index in [1.54, 1.807) is 11.0 Å². The van der Waals surface area contributed by atoms with Crippen LogP contribution in [0.15, 0.2) is 29.1 Å². The maximum Gasteiger partial charge on any atom is 0.275 e. The summed E-state index contributed by atoms with van der Waals surface area (Å²) in [5.41, 5.74) is 0.478. The van der Waals surface area contributed by atoms with Gasteiger partial charge in [-0.25, -0.2) is 4.68 Å². The van der Waals surface area contributed by atoms with Crippen LogP contribution in [0.25, 0.3) is 10.8 Å². The first-order chi connectivity index (χ1) is 13.5. The molecule has 8 heteroatoms. The third kappa shape index (κ3) is 4.56. The normalized spacial score (nSPS) is 15.0. The van der Waals surface area contributed by atoms with Gasteiger partial charge >= 0.3 is 0 Å². The van der Waals surface area contributed by atoms with Crippen molar-refractivity contribution < 1.29 is 9.59 Å². The Labute approximate surface area is 164 Å². The van der Waals surface area contributed by atoms with Crippen molar-refractivity contribution in [3.63, 3.8) is 0 Å². The fourth-order valence-electron chi connectivity index (χ4n) is 3.42. The summed E-state index contributed by atoms with van der Waals surface area (Å²) in [6.45, 7) is 7.20. The smallest absolute Gasteiger partial charge is 0.275 e. The molecule has 0 radical (unpaired) electrons. The molecule has 0 aliphatic carbocycles. The summed E-state index contributed by atoms with van der Waals surface area (Å²) in [4.78, 5) is 40.9. The number of piperazine rings is 1. The van der Waals surface area contributed by atoms with Crippen LogP contribution in [-0.2, 0) is 16.1 Å². The van der Waals surface area contributed by atoms with Gasteiger partial charge in [0, 0.05) is 38.1 Å². The molecule has 1 aliphatic rings. The average Bonchev–Trinajstić information content (AvgIpc) is 2.70. The Kier molecular flexibility index (Phi) is 6.41. The molecule has 2 amide bonds. The second-order valence-corrected chi connectivity index (χ2v) is 7.10. The largest absolute Gasteiger partial charge is 0.355 e. The van der Waals surface area contributed by atoms with Gasteiger partial charge < -0.3 is 10.2 Å². The van der Waals surface area contributed by atoms with Crippen molar-refractivity contribution in [1.29, 1.82) is 0 Å². The van der Waals surface area contributed by atoms with E-state index in [0.717, 1.165) is 17.5 Å². The molecule has 0 unspecified atom stereocenters. The molecular formula is C20H27N5O3. The number of hydrogen-bond donors (Lipinski definition) is 1. The van der Waals surface area contributed by atoms with Crippen molar-refractivity contribution in [2.45, 2.75) is 26.8 Å². The molecule has 0 spiro atoms. The Morgan fingerprint density at radius 3 is 2.43 bits per heavy atom. The zero-order valence-corrected chi connectivity index (χ0v) is 16.5. The molecule has 1 saturated heterocycles. The average molecular weight is 385 g/mol. The Morgan fingerprint density at radius 1 is 1.07 bits per heavy atom.